The second kappa shape index (κ2) is 7.18. The highest BCUT2D eigenvalue weighted by Gasteiger charge is 2.26. The lowest BCUT2D eigenvalue weighted by molar-refractivity contribution is -0.120. The van der Waals surface area contributed by atoms with Gasteiger partial charge in [-0.1, -0.05) is 23.1 Å². The lowest BCUT2D eigenvalue weighted by atomic mass is 10.3. The molecule has 0 bridgehead atoms. The monoisotopic (exact) mass is 350 g/mol. The molecular formula is C15H18N4O2S2. The zero-order chi connectivity index (χ0) is 16.2. The second-order valence-corrected chi connectivity index (χ2v) is 7.84. The number of benzene rings is 1. The third kappa shape index (κ3) is 4.59. The van der Waals surface area contributed by atoms with E-state index < -0.39 is 0 Å². The molecule has 0 radical (unpaired) electrons. The van der Waals surface area contributed by atoms with E-state index in [-0.39, 0.29) is 11.2 Å². The lowest BCUT2D eigenvalue weighted by Gasteiger charge is -2.08. The zero-order valence-corrected chi connectivity index (χ0v) is 14.5. The van der Waals surface area contributed by atoms with Crippen molar-refractivity contribution in [1.29, 1.82) is 0 Å². The van der Waals surface area contributed by atoms with Gasteiger partial charge in [0.2, 0.25) is 11.0 Å². The Hall–Kier alpha value is -1.80. The highest BCUT2D eigenvalue weighted by atomic mass is 32.2. The van der Waals surface area contributed by atoms with Crippen molar-refractivity contribution in [2.45, 2.75) is 35.4 Å². The maximum Gasteiger partial charge on any atom is 0.233 e. The fraction of sp³-hybridized carbons (Fsp3) is 0.400. The average Bonchev–Trinajstić information content (AvgIpc) is 3.26. The van der Waals surface area contributed by atoms with Crippen LogP contribution in [0.4, 0.5) is 10.8 Å². The van der Waals surface area contributed by atoms with Gasteiger partial charge in [0.25, 0.3) is 0 Å². The van der Waals surface area contributed by atoms with Crippen molar-refractivity contribution in [3.63, 3.8) is 0 Å². The Morgan fingerprint density at radius 3 is 2.74 bits per heavy atom. The molecule has 0 aliphatic heterocycles. The van der Waals surface area contributed by atoms with E-state index in [0.717, 1.165) is 28.6 Å². The number of hydrogen-bond donors (Lipinski definition) is 2. The fourth-order valence-electron chi connectivity index (χ4n) is 1.86. The van der Waals surface area contributed by atoms with Gasteiger partial charge in [-0.15, -0.1) is 10.2 Å². The number of rotatable bonds is 7. The molecule has 1 fully saturated rings. The van der Waals surface area contributed by atoms with Crippen LogP contribution in [0.5, 0.6) is 5.75 Å². The first-order valence-corrected chi connectivity index (χ1v) is 9.05. The summed E-state index contributed by atoms with van der Waals surface area (Å²) >= 11 is 2.87. The maximum absolute atomic E-state index is 12.0. The van der Waals surface area contributed by atoms with Gasteiger partial charge in [0.05, 0.1) is 12.4 Å². The Labute approximate surface area is 143 Å². The molecule has 8 heteroatoms. The molecule has 1 aliphatic rings. The van der Waals surface area contributed by atoms with E-state index in [1.54, 1.807) is 7.11 Å². The van der Waals surface area contributed by atoms with Crippen LogP contribution in [0.25, 0.3) is 0 Å². The minimum absolute atomic E-state index is 0.0670. The first kappa shape index (κ1) is 16.1. The normalized spacial score (nSPS) is 15.0. The summed E-state index contributed by atoms with van der Waals surface area (Å²) in [5.74, 6) is 0.872. The Morgan fingerprint density at radius 1 is 1.35 bits per heavy atom. The van der Waals surface area contributed by atoms with Gasteiger partial charge in [0.1, 0.15) is 5.75 Å². The predicted molar refractivity (Wildman–Crippen MR) is 92.7 cm³/mol. The summed E-state index contributed by atoms with van der Waals surface area (Å²) in [4.78, 5) is 12.0. The molecule has 0 saturated heterocycles. The predicted octanol–water partition coefficient (Wildman–Crippen LogP) is 3.05. The van der Waals surface area contributed by atoms with Crippen LogP contribution in [-0.4, -0.2) is 34.5 Å². The maximum atomic E-state index is 12.0. The lowest BCUT2D eigenvalue weighted by Crippen LogP contribution is -2.32. The second-order valence-electron chi connectivity index (χ2n) is 5.27. The first-order chi connectivity index (χ1) is 11.1. The van der Waals surface area contributed by atoms with E-state index in [4.69, 9.17) is 4.74 Å². The molecule has 0 unspecified atom stereocenters. The molecule has 3 rings (SSSR count). The van der Waals surface area contributed by atoms with Gasteiger partial charge in [-0.3, -0.25) is 4.79 Å². The Morgan fingerprint density at radius 2 is 2.09 bits per heavy atom. The molecule has 23 heavy (non-hydrogen) atoms. The van der Waals surface area contributed by atoms with Crippen LogP contribution in [0.15, 0.2) is 28.6 Å². The van der Waals surface area contributed by atoms with E-state index >= 15 is 0 Å². The summed E-state index contributed by atoms with van der Waals surface area (Å²) in [7, 11) is 1.64. The van der Waals surface area contributed by atoms with Crippen molar-refractivity contribution in [3.8, 4) is 5.75 Å². The molecular weight excluding hydrogens is 332 g/mol. The molecule has 1 aromatic heterocycles. The number of ether oxygens (including phenoxy) is 1. The van der Waals surface area contributed by atoms with Crippen molar-refractivity contribution < 1.29 is 9.53 Å². The van der Waals surface area contributed by atoms with E-state index in [0.29, 0.717) is 11.2 Å². The van der Waals surface area contributed by atoms with Gasteiger partial charge in [-0.05, 0) is 44.0 Å². The summed E-state index contributed by atoms with van der Waals surface area (Å²) in [5, 5.41) is 15.0. The highest BCUT2D eigenvalue weighted by molar-refractivity contribution is 8.02. The van der Waals surface area contributed by atoms with Crippen LogP contribution < -0.4 is 15.4 Å². The number of amides is 1. The average molecular weight is 350 g/mol. The molecule has 6 nitrogen and oxygen atoms in total. The van der Waals surface area contributed by atoms with Crippen LogP contribution in [-0.2, 0) is 4.79 Å². The number of carbonyl (C=O) groups excluding carboxylic acids is 1. The topological polar surface area (TPSA) is 76.1 Å². The first-order valence-electron chi connectivity index (χ1n) is 7.35. The standard InChI is InChI=1S/C15H18N4O2S2/c1-9(13(20)16-10-3-4-10)22-15-19-18-14(23-15)17-11-5-7-12(21-2)8-6-11/h5-10H,3-4H2,1-2H3,(H,16,20)(H,17,18)/t9-/m1/s1. The molecule has 1 saturated carbocycles. The zero-order valence-electron chi connectivity index (χ0n) is 12.9. The van der Waals surface area contributed by atoms with Gasteiger partial charge in [0.15, 0.2) is 4.34 Å². The van der Waals surface area contributed by atoms with Gasteiger partial charge < -0.3 is 15.4 Å². The number of methoxy groups -OCH3 is 1. The van der Waals surface area contributed by atoms with Crippen LogP contribution >= 0.6 is 23.1 Å². The molecule has 1 aliphatic carbocycles. The van der Waals surface area contributed by atoms with E-state index in [2.05, 4.69) is 20.8 Å². The Kier molecular flexibility index (Phi) is 5.02. The Balaban J connectivity index is 1.55. The van der Waals surface area contributed by atoms with E-state index in [9.17, 15) is 4.79 Å². The van der Waals surface area contributed by atoms with E-state index in [1.165, 1.54) is 23.1 Å². The molecule has 2 N–H and O–H groups in total. The fourth-order valence-corrected chi connectivity index (χ4v) is 3.78. The van der Waals surface area contributed by atoms with E-state index in [1.807, 2.05) is 31.2 Å². The number of nitrogens with zero attached hydrogens (tertiary/aromatic N) is 2. The molecule has 1 amide bonds. The van der Waals surface area contributed by atoms with Crippen LogP contribution in [0, 0.1) is 0 Å². The summed E-state index contributed by atoms with van der Waals surface area (Å²) in [6, 6.07) is 7.97. The number of carbonyl (C=O) groups is 1. The smallest absolute Gasteiger partial charge is 0.233 e. The minimum Gasteiger partial charge on any atom is -0.497 e. The van der Waals surface area contributed by atoms with Gasteiger partial charge in [-0.25, -0.2) is 0 Å². The SMILES string of the molecule is COc1ccc(Nc2nnc(S[C@H](C)C(=O)NC3CC3)s2)cc1. The number of thioether (sulfide) groups is 1. The van der Waals surface area contributed by atoms with Crippen molar-refractivity contribution in [3.05, 3.63) is 24.3 Å². The summed E-state index contributed by atoms with van der Waals surface area (Å²) in [5.41, 5.74) is 0.915. The number of hydrogen-bond acceptors (Lipinski definition) is 7. The minimum atomic E-state index is -0.169. The van der Waals surface area contributed by atoms with Crippen LogP contribution in [0.3, 0.4) is 0 Å². The van der Waals surface area contributed by atoms with Crippen molar-refractivity contribution in [1.82, 2.24) is 15.5 Å². The van der Waals surface area contributed by atoms with Crippen molar-refractivity contribution in [2.75, 3.05) is 12.4 Å². The highest BCUT2D eigenvalue weighted by Crippen LogP contribution is 2.31. The van der Waals surface area contributed by atoms with Gasteiger partial charge in [0, 0.05) is 11.7 Å². The molecule has 122 valence electrons. The molecule has 2 aromatic rings. The van der Waals surface area contributed by atoms with Crippen LogP contribution in [0.2, 0.25) is 0 Å². The van der Waals surface area contributed by atoms with Crippen molar-refractivity contribution >= 4 is 39.8 Å². The number of nitrogens with one attached hydrogen (secondary N) is 2. The van der Waals surface area contributed by atoms with Gasteiger partial charge in [-0.2, -0.15) is 0 Å². The summed E-state index contributed by atoms with van der Waals surface area (Å²) < 4.78 is 5.90. The number of anilines is 2. The summed E-state index contributed by atoms with van der Waals surface area (Å²) in [6.07, 6.45) is 2.19. The van der Waals surface area contributed by atoms with Crippen LogP contribution in [0.1, 0.15) is 19.8 Å². The van der Waals surface area contributed by atoms with Crippen molar-refractivity contribution in [2.24, 2.45) is 0 Å². The molecule has 1 aromatic carbocycles. The van der Waals surface area contributed by atoms with Gasteiger partial charge >= 0.3 is 0 Å². The molecule has 1 heterocycles. The Bertz CT molecular complexity index is 670. The molecule has 1 atom stereocenters. The quantitative estimate of drug-likeness (QED) is 0.748. The molecule has 0 spiro atoms. The number of aromatic nitrogens is 2. The largest absolute Gasteiger partial charge is 0.497 e. The third-order valence-corrected chi connectivity index (χ3v) is 5.34. The summed E-state index contributed by atoms with van der Waals surface area (Å²) in [6.45, 7) is 1.89. The third-order valence-electron chi connectivity index (χ3n) is 3.32.